The number of methoxy groups -OCH3 is 1. The lowest BCUT2D eigenvalue weighted by molar-refractivity contribution is 0.0987. The number of nitrogens with zero attached hydrogens (tertiary/aromatic N) is 4. The number of hydrogen-bond acceptors (Lipinski definition) is 7. The lowest BCUT2D eigenvalue weighted by Crippen LogP contribution is -2.32. The summed E-state index contributed by atoms with van der Waals surface area (Å²) in [6.07, 6.45) is 3.27. The van der Waals surface area contributed by atoms with Gasteiger partial charge in [0.05, 0.1) is 28.4 Å². The third-order valence-corrected chi connectivity index (χ3v) is 9.18. The number of sulfonamides is 1. The van der Waals surface area contributed by atoms with Gasteiger partial charge in [0.1, 0.15) is 5.75 Å². The molecule has 1 heterocycles. The monoisotopic (exact) mass is 564 g/mol. The van der Waals surface area contributed by atoms with E-state index in [0.29, 0.717) is 29.5 Å². The van der Waals surface area contributed by atoms with Crippen molar-refractivity contribution in [3.05, 3.63) is 83.4 Å². The number of fused-ring (bicyclic) bond motifs is 1. The molecule has 8 nitrogen and oxygen atoms in total. The largest absolute Gasteiger partial charge is 0.497 e. The summed E-state index contributed by atoms with van der Waals surface area (Å²) in [5.41, 5.74) is 2.94. The Bertz CT molecular complexity index is 1560. The minimum atomic E-state index is -3.65. The Morgan fingerprint density at radius 3 is 2.41 bits per heavy atom. The van der Waals surface area contributed by atoms with Gasteiger partial charge in [0.25, 0.3) is 5.91 Å². The summed E-state index contributed by atoms with van der Waals surface area (Å²) < 4.78 is 33.9. The first kappa shape index (κ1) is 28.4. The fourth-order valence-corrected chi connectivity index (χ4v) is 6.44. The summed E-state index contributed by atoms with van der Waals surface area (Å²) in [5, 5.41) is 6.17. The summed E-state index contributed by atoms with van der Waals surface area (Å²) in [7, 11) is -2.06. The van der Waals surface area contributed by atoms with Crippen molar-refractivity contribution in [1.82, 2.24) is 9.29 Å². The zero-order valence-corrected chi connectivity index (χ0v) is 24.1. The predicted octanol–water partition coefficient (Wildman–Crippen LogP) is 6.10. The number of hydrogen-bond donors (Lipinski definition) is 0. The summed E-state index contributed by atoms with van der Waals surface area (Å²) in [6.45, 7) is 6.69. The molecule has 0 bridgehead atoms. The van der Waals surface area contributed by atoms with E-state index >= 15 is 0 Å². The molecule has 4 aromatic rings. The first-order valence-electron chi connectivity index (χ1n) is 12.8. The van der Waals surface area contributed by atoms with Gasteiger partial charge in [0, 0.05) is 18.7 Å². The van der Waals surface area contributed by atoms with Gasteiger partial charge >= 0.3 is 0 Å². The van der Waals surface area contributed by atoms with Crippen molar-refractivity contribution in [2.75, 3.05) is 25.2 Å². The van der Waals surface area contributed by atoms with E-state index in [2.05, 4.69) is 10.1 Å². The standard InChI is InChI=1S/C29H32N4O4S2/c1-5-7-18-32(6-2)39(35,36)25-15-11-23(12-16-25)28(34)33(30-20-22-9-13-24(37-4)14-10-22)29-31-26-17-8-21(3)19-27(26)38-29/h8-17,19-20H,5-7,18H2,1-4H3/b30-20+. The maximum absolute atomic E-state index is 13.7. The molecular weight excluding hydrogens is 532 g/mol. The molecule has 0 unspecified atom stereocenters. The number of aromatic nitrogens is 1. The van der Waals surface area contributed by atoms with Crippen molar-refractivity contribution in [2.24, 2.45) is 5.10 Å². The van der Waals surface area contributed by atoms with E-state index in [4.69, 9.17) is 4.74 Å². The highest BCUT2D eigenvalue weighted by Crippen LogP contribution is 2.31. The highest BCUT2D eigenvalue weighted by molar-refractivity contribution is 7.89. The van der Waals surface area contributed by atoms with Crippen molar-refractivity contribution >= 4 is 48.8 Å². The van der Waals surface area contributed by atoms with E-state index in [9.17, 15) is 13.2 Å². The SMILES string of the molecule is CCCCN(CC)S(=O)(=O)c1ccc(C(=O)N(/N=C/c2ccc(OC)cc2)c2nc3ccc(C)cc3s2)cc1. The summed E-state index contributed by atoms with van der Waals surface area (Å²) in [5.74, 6) is 0.297. The molecule has 204 valence electrons. The van der Waals surface area contributed by atoms with Crippen molar-refractivity contribution in [1.29, 1.82) is 0 Å². The molecular formula is C29H32N4O4S2. The second-order valence-corrected chi connectivity index (χ2v) is 11.9. The Morgan fingerprint density at radius 2 is 1.77 bits per heavy atom. The maximum atomic E-state index is 13.7. The molecule has 3 aromatic carbocycles. The molecule has 10 heteroatoms. The van der Waals surface area contributed by atoms with Crippen LogP contribution in [0.5, 0.6) is 5.75 Å². The average molecular weight is 565 g/mol. The first-order chi connectivity index (χ1) is 18.8. The van der Waals surface area contributed by atoms with Crippen molar-refractivity contribution < 1.29 is 17.9 Å². The number of thiazole rings is 1. The van der Waals surface area contributed by atoms with Crippen LogP contribution in [0.4, 0.5) is 5.13 Å². The lowest BCUT2D eigenvalue weighted by Gasteiger charge is -2.20. The number of unbranched alkanes of at least 4 members (excludes halogenated alkanes) is 1. The number of carbonyl (C=O) groups excluding carboxylic acids is 1. The van der Waals surface area contributed by atoms with Crippen molar-refractivity contribution in [3.8, 4) is 5.75 Å². The second-order valence-electron chi connectivity index (χ2n) is 8.98. The quantitative estimate of drug-likeness (QED) is 0.162. The molecule has 1 aromatic heterocycles. The number of amides is 1. The molecule has 0 atom stereocenters. The highest BCUT2D eigenvalue weighted by atomic mass is 32.2. The molecule has 1 amide bonds. The van der Waals surface area contributed by atoms with Crippen LogP contribution in [0.2, 0.25) is 0 Å². The molecule has 4 rings (SSSR count). The van der Waals surface area contributed by atoms with Crippen molar-refractivity contribution in [2.45, 2.75) is 38.5 Å². The average Bonchev–Trinajstić information content (AvgIpc) is 3.36. The Hall–Kier alpha value is -3.60. The van der Waals surface area contributed by atoms with Crippen LogP contribution in [-0.4, -0.2) is 50.0 Å². The van der Waals surface area contributed by atoms with Gasteiger partial charge in [0.2, 0.25) is 15.2 Å². The number of aryl methyl sites for hydroxylation is 1. The molecule has 0 saturated carbocycles. The van der Waals surface area contributed by atoms with Crippen molar-refractivity contribution in [3.63, 3.8) is 0 Å². The summed E-state index contributed by atoms with van der Waals surface area (Å²) in [4.78, 5) is 18.5. The number of carbonyl (C=O) groups is 1. The van der Waals surface area contributed by atoms with E-state index in [0.717, 1.165) is 34.2 Å². The molecule has 0 saturated heterocycles. The van der Waals surface area contributed by atoms with E-state index < -0.39 is 15.9 Å². The van der Waals surface area contributed by atoms with Gasteiger partial charge in [-0.3, -0.25) is 4.79 Å². The van der Waals surface area contributed by atoms with E-state index in [1.807, 2.05) is 63.2 Å². The van der Waals surface area contributed by atoms with Gasteiger partial charge < -0.3 is 4.74 Å². The van der Waals surface area contributed by atoms with Crippen LogP contribution in [0, 0.1) is 6.92 Å². The number of rotatable bonds is 11. The van der Waals surface area contributed by atoms with Crippen LogP contribution in [0.1, 0.15) is 48.2 Å². The topological polar surface area (TPSA) is 92.2 Å². The van der Waals surface area contributed by atoms with Gasteiger partial charge in [-0.2, -0.15) is 14.4 Å². The first-order valence-corrected chi connectivity index (χ1v) is 15.0. The molecule has 0 spiro atoms. The van der Waals surface area contributed by atoms with Crippen LogP contribution < -0.4 is 9.75 Å². The molecule has 0 aliphatic rings. The molecule has 0 aliphatic heterocycles. The van der Waals surface area contributed by atoms with E-state index in [1.165, 1.54) is 44.9 Å². The number of ether oxygens (including phenoxy) is 1. The molecule has 0 aliphatic carbocycles. The summed E-state index contributed by atoms with van der Waals surface area (Å²) in [6, 6.07) is 19.2. The Labute approximate surface area is 233 Å². The summed E-state index contributed by atoms with van der Waals surface area (Å²) >= 11 is 1.36. The van der Waals surface area contributed by atoms with Crippen LogP contribution in [0.25, 0.3) is 10.2 Å². The number of benzene rings is 3. The lowest BCUT2D eigenvalue weighted by atomic mass is 10.2. The minimum Gasteiger partial charge on any atom is -0.497 e. The molecule has 39 heavy (non-hydrogen) atoms. The van der Waals surface area contributed by atoms with Crippen LogP contribution >= 0.6 is 11.3 Å². The van der Waals surface area contributed by atoms with E-state index in [1.54, 1.807) is 13.3 Å². The maximum Gasteiger partial charge on any atom is 0.280 e. The normalized spacial score (nSPS) is 11.9. The highest BCUT2D eigenvalue weighted by Gasteiger charge is 2.25. The molecule has 0 radical (unpaired) electrons. The third kappa shape index (κ3) is 6.52. The zero-order valence-electron chi connectivity index (χ0n) is 22.5. The Kier molecular flexibility index (Phi) is 9.11. The molecule has 0 fully saturated rings. The second kappa shape index (κ2) is 12.5. The van der Waals surface area contributed by atoms with Gasteiger partial charge in [0.15, 0.2) is 0 Å². The fourth-order valence-electron chi connectivity index (χ4n) is 3.94. The van der Waals surface area contributed by atoms with E-state index in [-0.39, 0.29) is 4.90 Å². The van der Waals surface area contributed by atoms with Gasteiger partial charge in [-0.25, -0.2) is 13.4 Å². The van der Waals surface area contributed by atoms with Gasteiger partial charge in [-0.05, 0) is 85.1 Å². The molecule has 0 N–H and O–H groups in total. The van der Waals surface area contributed by atoms with Crippen LogP contribution in [0.15, 0.2) is 76.7 Å². The minimum absolute atomic E-state index is 0.153. The number of hydrazone groups is 1. The van der Waals surface area contributed by atoms with Gasteiger partial charge in [-0.1, -0.05) is 37.7 Å². The predicted molar refractivity (Wildman–Crippen MR) is 158 cm³/mol. The third-order valence-electron chi connectivity index (χ3n) is 6.20. The Balaban J connectivity index is 1.67. The Morgan fingerprint density at radius 1 is 1.05 bits per heavy atom. The van der Waals surface area contributed by atoms with Crippen LogP contribution in [-0.2, 0) is 10.0 Å². The van der Waals surface area contributed by atoms with Crippen LogP contribution in [0.3, 0.4) is 0 Å². The fraction of sp³-hybridized carbons (Fsp3) is 0.276. The zero-order chi connectivity index (χ0) is 28.0. The smallest absolute Gasteiger partial charge is 0.280 e. The van der Waals surface area contributed by atoms with Gasteiger partial charge in [-0.15, -0.1) is 0 Å². The number of anilines is 1.